The molecule has 0 bridgehead atoms. The van der Waals surface area contributed by atoms with Gasteiger partial charge < -0.3 is 0 Å². The first kappa shape index (κ1) is 24.8. The number of fused-ring (bicyclic) bond motifs is 3. The van der Waals surface area contributed by atoms with E-state index in [0.717, 1.165) is 25.2 Å². The maximum atomic E-state index is 12.9. The quantitative estimate of drug-likeness (QED) is 0.281. The van der Waals surface area contributed by atoms with E-state index in [2.05, 4.69) is 89.7 Å². The molecule has 1 aliphatic rings. The lowest BCUT2D eigenvalue weighted by Crippen LogP contribution is -2.24. The Morgan fingerprint density at radius 1 is 1.00 bits per heavy atom. The van der Waals surface area contributed by atoms with Gasteiger partial charge in [-0.2, -0.15) is 0 Å². The number of carbonyl (C=O) groups excluding carboxylic acids is 1. The van der Waals surface area contributed by atoms with E-state index in [4.69, 9.17) is 6.30 Å². The van der Waals surface area contributed by atoms with E-state index in [1.54, 1.807) is 0 Å². The minimum absolute atomic E-state index is 0.216. The Morgan fingerprint density at radius 2 is 1.62 bits per heavy atom. The van der Waals surface area contributed by atoms with Gasteiger partial charge in [0.05, 0.1) is 0 Å². The molecule has 2 heteroatoms. The molecule has 1 aliphatic heterocycles. The lowest BCUT2D eigenvalue weighted by molar-refractivity contribution is -0.120. The summed E-state index contributed by atoms with van der Waals surface area (Å²) in [5.74, 6) is 0.990. The molecule has 0 fully saturated rings. The van der Waals surface area contributed by atoms with Crippen molar-refractivity contribution in [3.8, 4) is 11.1 Å². The SMILES string of the molecule is C=C(CCC(C)(C)C)C(CC(=O)CC(C)C)CP1(=C)Cc2ccccc2-c2ccccc21. The van der Waals surface area contributed by atoms with Gasteiger partial charge in [0, 0.05) is 12.8 Å². The van der Waals surface area contributed by atoms with Crippen LogP contribution in [0.4, 0.5) is 0 Å². The molecule has 1 nitrogen and oxygen atoms in total. The maximum absolute atomic E-state index is 12.9. The minimum atomic E-state index is -1.71. The first-order chi connectivity index (χ1) is 15.0. The number of ketones is 1. The van der Waals surface area contributed by atoms with Crippen LogP contribution in [0.3, 0.4) is 0 Å². The van der Waals surface area contributed by atoms with Crippen LogP contribution in [0, 0.1) is 17.3 Å². The van der Waals surface area contributed by atoms with Crippen molar-refractivity contribution in [2.24, 2.45) is 17.3 Å². The zero-order valence-corrected chi connectivity index (χ0v) is 21.7. The molecule has 0 spiro atoms. The van der Waals surface area contributed by atoms with Crippen LogP contribution < -0.4 is 5.30 Å². The van der Waals surface area contributed by atoms with Crippen LogP contribution in [0.2, 0.25) is 0 Å². The molecule has 32 heavy (non-hydrogen) atoms. The van der Waals surface area contributed by atoms with Gasteiger partial charge in [-0.05, 0) is 64.4 Å². The molecule has 2 unspecified atom stereocenters. The summed E-state index contributed by atoms with van der Waals surface area (Å²) >= 11 is 0. The fourth-order valence-electron chi connectivity index (χ4n) is 4.92. The fourth-order valence-corrected chi connectivity index (χ4v) is 8.69. The van der Waals surface area contributed by atoms with E-state index in [-0.39, 0.29) is 11.3 Å². The van der Waals surface area contributed by atoms with Crippen molar-refractivity contribution in [2.75, 3.05) is 6.16 Å². The summed E-state index contributed by atoms with van der Waals surface area (Å²) in [5.41, 5.74) is 5.61. The Bertz CT molecular complexity index is 1020. The van der Waals surface area contributed by atoms with Gasteiger partial charge in [0.1, 0.15) is 5.78 Å². The maximum Gasteiger partial charge on any atom is 0.133 e. The summed E-state index contributed by atoms with van der Waals surface area (Å²) in [6.07, 6.45) is 10.3. The number of rotatable bonds is 9. The van der Waals surface area contributed by atoms with E-state index >= 15 is 0 Å². The Hall–Kier alpha value is -1.85. The van der Waals surface area contributed by atoms with Crippen LogP contribution in [-0.4, -0.2) is 18.2 Å². The summed E-state index contributed by atoms with van der Waals surface area (Å²) in [5, 5.41) is 1.42. The van der Waals surface area contributed by atoms with Gasteiger partial charge in [-0.3, -0.25) is 4.79 Å². The van der Waals surface area contributed by atoms with Crippen LogP contribution in [0.5, 0.6) is 0 Å². The molecule has 0 aliphatic carbocycles. The van der Waals surface area contributed by atoms with Crippen molar-refractivity contribution in [1.29, 1.82) is 0 Å². The molecular formula is C30H41OP. The topological polar surface area (TPSA) is 17.1 Å². The molecule has 0 saturated heterocycles. The Balaban J connectivity index is 1.93. The largest absolute Gasteiger partial charge is 0.300 e. The first-order valence-corrected chi connectivity index (χ1v) is 14.4. The number of hydrogen-bond donors (Lipinski definition) is 0. The Labute approximate surface area is 196 Å². The summed E-state index contributed by atoms with van der Waals surface area (Å²) in [4.78, 5) is 12.9. The van der Waals surface area contributed by atoms with Crippen LogP contribution >= 0.6 is 6.89 Å². The van der Waals surface area contributed by atoms with Crippen LogP contribution in [0.1, 0.15) is 65.9 Å². The number of benzene rings is 2. The number of hydrogen-bond acceptors (Lipinski definition) is 1. The average Bonchev–Trinajstić information content (AvgIpc) is 2.70. The summed E-state index contributed by atoms with van der Waals surface area (Å²) < 4.78 is 0. The zero-order chi connectivity index (χ0) is 23.5. The normalized spacial score (nSPS) is 18.7. The summed E-state index contributed by atoms with van der Waals surface area (Å²) in [6, 6.07) is 17.6. The Morgan fingerprint density at radius 3 is 2.28 bits per heavy atom. The van der Waals surface area contributed by atoms with Crippen molar-refractivity contribution in [3.63, 3.8) is 0 Å². The number of allylic oxidation sites excluding steroid dienone is 1. The van der Waals surface area contributed by atoms with Crippen molar-refractivity contribution in [1.82, 2.24) is 0 Å². The highest BCUT2D eigenvalue weighted by Gasteiger charge is 2.32. The second-order valence-corrected chi connectivity index (χ2v) is 14.9. The van der Waals surface area contributed by atoms with Crippen LogP contribution in [0.15, 0.2) is 60.7 Å². The van der Waals surface area contributed by atoms with Crippen molar-refractivity contribution < 1.29 is 4.79 Å². The van der Waals surface area contributed by atoms with E-state index < -0.39 is 6.89 Å². The van der Waals surface area contributed by atoms with Crippen molar-refractivity contribution in [2.45, 2.75) is 66.5 Å². The van der Waals surface area contributed by atoms with Gasteiger partial charge in [-0.25, -0.2) is 0 Å². The highest BCUT2D eigenvalue weighted by atomic mass is 31.2. The molecule has 3 rings (SSSR count). The zero-order valence-electron chi connectivity index (χ0n) is 20.8. The predicted molar refractivity (Wildman–Crippen MR) is 145 cm³/mol. The lowest BCUT2D eigenvalue weighted by atomic mass is 9.84. The number of Topliss-reactive ketones (excluding diaryl/α,β-unsaturated/α-hetero) is 1. The lowest BCUT2D eigenvalue weighted by Gasteiger charge is -2.36. The van der Waals surface area contributed by atoms with Gasteiger partial charge in [-0.15, -0.1) is 0 Å². The molecule has 0 aromatic heterocycles. The third kappa shape index (κ3) is 6.14. The van der Waals surface area contributed by atoms with Gasteiger partial charge in [0.2, 0.25) is 0 Å². The summed E-state index contributed by atoms with van der Waals surface area (Å²) in [7, 11) is 0. The molecule has 1 heterocycles. The van der Waals surface area contributed by atoms with E-state index in [1.165, 1.54) is 27.6 Å². The first-order valence-electron chi connectivity index (χ1n) is 12.1. The monoisotopic (exact) mass is 448 g/mol. The van der Waals surface area contributed by atoms with E-state index in [0.29, 0.717) is 24.5 Å². The van der Waals surface area contributed by atoms with E-state index in [1.807, 2.05) is 0 Å². The van der Waals surface area contributed by atoms with Gasteiger partial charge in [0.15, 0.2) is 0 Å². The van der Waals surface area contributed by atoms with Gasteiger partial charge in [-0.1, -0.05) is 108 Å². The fraction of sp³-hybridized carbons (Fsp3) is 0.467. The van der Waals surface area contributed by atoms with Crippen molar-refractivity contribution >= 4 is 24.3 Å². The van der Waals surface area contributed by atoms with Crippen LogP contribution in [0.25, 0.3) is 11.1 Å². The van der Waals surface area contributed by atoms with Gasteiger partial charge >= 0.3 is 0 Å². The molecule has 0 N–H and O–H groups in total. The molecule has 0 saturated carbocycles. The highest BCUT2D eigenvalue weighted by molar-refractivity contribution is 7.80. The standard InChI is InChI=1S/C30H41OP/c1-22(2)18-26(31)19-25(23(3)16-17-30(4,5)6)21-32(7)20-24-12-8-9-13-27(24)28-14-10-11-15-29(28)32/h8-15,22,25H,3,7,16-21H2,1-2,4-6H3. The van der Waals surface area contributed by atoms with Gasteiger partial charge in [0.25, 0.3) is 0 Å². The molecular weight excluding hydrogens is 407 g/mol. The third-order valence-electron chi connectivity index (χ3n) is 6.65. The average molecular weight is 449 g/mol. The molecule has 0 radical (unpaired) electrons. The van der Waals surface area contributed by atoms with Crippen molar-refractivity contribution in [3.05, 3.63) is 66.2 Å². The van der Waals surface area contributed by atoms with Crippen LogP contribution in [-0.2, 0) is 11.0 Å². The second-order valence-electron chi connectivity index (χ2n) is 11.4. The van der Waals surface area contributed by atoms with E-state index in [9.17, 15) is 4.79 Å². The molecule has 172 valence electrons. The molecule has 2 aromatic rings. The summed E-state index contributed by atoms with van der Waals surface area (Å²) in [6.45, 7) is 13.9. The second kappa shape index (κ2) is 9.96. The predicted octanol–water partition coefficient (Wildman–Crippen LogP) is 7.95. The number of carbonyl (C=O) groups is 1. The molecule has 2 atom stereocenters. The third-order valence-corrected chi connectivity index (χ3v) is 10.1. The Kier molecular flexibility index (Phi) is 7.72. The molecule has 0 amide bonds. The minimum Gasteiger partial charge on any atom is -0.300 e. The smallest absolute Gasteiger partial charge is 0.133 e. The molecule has 2 aromatic carbocycles. The highest BCUT2D eigenvalue weighted by Crippen LogP contribution is 2.56.